The van der Waals surface area contributed by atoms with Crippen molar-refractivity contribution < 1.29 is 17.9 Å². The van der Waals surface area contributed by atoms with Crippen molar-refractivity contribution in [3.8, 4) is 34.8 Å². The van der Waals surface area contributed by atoms with Crippen LogP contribution in [0, 0.1) is 40.3 Å². The van der Waals surface area contributed by atoms with Crippen molar-refractivity contribution in [3.05, 3.63) is 114 Å². The minimum absolute atomic E-state index is 0.0675. The van der Waals surface area contributed by atoms with Crippen LogP contribution in [0.3, 0.4) is 0 Å². The number of nitriles is 1. The molecule has 0 amide bonds. The smallest absolute Gasteiger partial charge is 0.319 e. The van der Waals surface area contributed by atoms with Crippen molar-refractivity contribution in [3.63, 3.8) is 0 Å². The Morgan fingerprint density at radius 1 is 0.792 bits per heavy atom. The fourth-order valence-electron chi connectivity index (χ4n) is 13.2. The van der Waals surface area contributed by atoms with Crippen molar-refractivity contribution in [2.75, 3.05) is 37.7 Å². The monoisotopic (exact) mass is 1000 g/mol. The van der Waals surface area contributed by atoms with E-state index in [0.717, 1.165) is 50.5 Å². The lowest BCUT2D eigenvalue weighted by atomic mass is 9.95. The summed E-state index contributed by atoms with van der Waals surface area (Å²) in [6, 6.07) is 33.2. The number of hydrogen-bond donors (Lipinski definition) is 0. The lowest BCUT2D eigenvalue weighted by Gasteiger charge is -2.44. The molecule has 0 saturated carbocycles. The van der Waals surface area contributed by atoms with Crippen LogP contribution in [0.15, 0.2) is 97.2 Å². The highest BCUT2D eigenvalue weighted by atomic mass is 28.4. The van der Waals surface area contributed by atoms with Gasteiger partial charge < -0.3 is 14.1 Å². The van der Waals surface area contributed by atoms with Crippen LogP contribution in [0.4, 0.5) is 14.6 Å². The molecule has 3 aliphatic rings. The minimum atomic E-state index is -2.76. The summed E-state index contributed by atoms with van der Waals surface area (Å²) in [6.45, 7) is 23.5. The fourth-order valence-corrected chi connectivity index (χ4v) is 23.0. The molecule has 0 radical (unpaired) electrons. The van der Waals surface area contributed by atoms with Crippen LogP contribution in [0.25, 0.3) is 32.9 Å². The van der Waals surface area contributed by atoms with Gasteiger partial charge in [0.05, 0.1) is 29.2 Å². The Morgan fingerprint density at radius 2 is 1.49 bits per heavy atom. The lowest BCUT2D eigenvalue weighted by molar-refractivity contribution is 0.0670. The third-order valence-corrected chi connectivity index (χ3v) is 28.1. The van der Waals surface area contributed by atoms with Gasteiger partial charge >= 0.3 is 6.01 Å². The van der Waals surface area contributed by atoms with E-state index in [9.17, 15) is 5.26 Å². The zero-order chi connectivity index (χ0) is 51.0. The third-order valence-electron chi connectivity index (χ3n) is 16.8. The van der Waals surface area contributed by atoms with Crippen LogP contribution in [0.1, 0.15) is 113 Å². The molecule has 4 aromatic carbocycles. The second-order valence-electron chi connectivity index (χ2n) is 22.7. The zero-order valence-corrected chi connectivity index (χ0v) is 45.9. The predicted octanol–water partition coefficient (Wildman–Crippen LogP) is 12.8. The summed E-state index contributed by atoms with van der Waals surface area (Å²) in [5.41, 5.74) is 5.39. The number of halogens is 2. The molecular formula is C60H72F2N6O2Si2. The van der Waals surface area contributed by atoms with Crippen molar-refractivity contribution in [2.45, 2.75) is 141 Å². The van der Waals surface area contributed by atoms with E-state index in [1.807, 2.05) is 12.1 Å². The number of anilines is 1. The van der Waals surface area contributed by atoms with E-state index in [2.05, 4.69) is 150 Å². The van der Waals surface area contributed by atoms with E-state index in [1.54, 1.807) is 18.3 Å². The number of nitrogens with zero attached hydrogens (tertiary/aromatic N) is 6. The molecule has 9 rings (SSSR count). The summed E-state index contributed by atoms with van der Waals surface area (Å²) in [5.74, 6) is 2.80. The van der Waals surface area contributed by atoms with Gasteiger partial charge in [0.25, 0.3) is 8.32 Å². The van der Waals surface area contributed by atoms with Gasteiger partial charge in [0.15, 0.2) is 5.82 Å². The number of rotatable bonds is 13. The summed E-state index contributed by atoms with van der Waals surface area (Å²) < 4.78 is 48.4. The number of benzene rings is 4. The summed E-state index contributed by atoms with van der Waals surface area (Å²) in [6.07, 6.45) is 7.81. The molecule has 0 aliphatic carbocycles. The molecule has 3 saturated heterocycles. The Bertz CT molecular complexity index is 2960. The molecule has 3 aliphatic heterocycles. The predicted molar refractivity (Wildman–Crippen MR) is 294 cm³/mol. The highest BCUT2D eigenvalue weighted by molar-refractivity contribution is 6.99. The van der Waals surface area contributed by atoms with Gasteiger partial charge in [-0.3, -0.25) is 9.88 Å². The molecular weight excluding hydrogens is 931 g/mol. The Morgan fingerprint density at radius 3 is 2.14 bits per heavy atom. The fraction of sp³-hybridized carbons (Fsp3) is 0.467. The molecule has 6 aromatic rings. The molecule has 2 aromatic heterocycles. The van der Waals surface area contributed by atoms with Crippen LogP contribution in [-0.2, 0) is 4.43 Å². The van der Waals surface area contributed by atoms with Gasteiger partial charge in [-0.2, -0.15) is 15.2 Å². The van der Waals surface area contributed by atoms with Gasteiger partial charge in [-0.05, 0) is 95.0 Å². The molecule has 376 valence electrons. The Hall–Kier alpha value is -5.51. The second kappa shape index (κ2) is 20.8. The molecule has 72 heavy (non-hydrogen) atoms. The van der Waals surface area contributed by atoms with E-state index in [1.165, 1.54) is 16.4 Å². The van der Waals surface area contributed by atoms with Crippen LogP contribution >= 0.6 is 0 Å². The Kier molecular flexibility index (Phi) is 14.8. The number of pyridine rings is 1. The molecule has 0 N–H and O–H groups in total. The van der Waals surface area contributed by atoms with Crippen LogP contribution in [-0.4, -0.2) is 80.7 Å². The molecule has 3 fully saturated rings. The maximum atomic E-state index is 17.8. The first kappa shape index (κ1) is 51.4. The van der Waals surface area contributed by atoms with Crippen molar-refractivity contribution >= 4 is 54.3 Å². The first-order valence-electron chi connectivity index (χ1n) is 26.4. The second-order valence-corrected chi connectivity index (χ2v) is 32.6. The topological polar surface area (TPSA) is 87.4 Å². The number of ether oxygens (including phenoxy) is 1. The van der Waals surface area contributed by atoms with E-state index in [4.69, 9.17) is 24.1 Å². The summed E-state index contributed by atoms with van der Waals surface area (Å²) in [5, 5.41) is 14.0. The van der Waals surface area contributed by atoms with Crippen LogP contribution < -0.4 is 20.0 Å². The Balaban J connectivity index is 1.08. The quantitative estimate of drug-likeness (QED) is 0.0835. The third kappa shape index (κ3) is 9.27. The normalized spacial score (nSPS) is 20.0. The van der Waals surface area contributed by atoms with Gasteiger partial charge in [-0.15, -0.1) is 5.54 Å². The van der Waals surface area contributed by atoms with E-state index in [-0.39, 0.29) is 45.3 Å². The zero-order valence-electron chi connectivity index (χ0n) is 43.9. The van der Waals surface area contributed by atoms with Gasteiger partial charge in [0.2, 0.25) is 0 Å². The summed E-state index contributed by atoms with van der Waals surface area (Å²) >= 11 is 0. The highest BCUT2D eigenvalue weighted by Crippen LogP contribution is 2.46. The average Bonchev–Trinajstić information content (AvgIpc) is 3.84. The SMILES string of the molecule is CC(C)[Si](C#Cc1c(F)ccc2cccc(-c3ncc4c(N5CCCC(C#N)CC5)nc(OC[C@@]56CCCN5[C@H](CO[Si](c5ccccc5)(c5ccccc5)C(C)(C)C)CC6)nc4c3F)c12)(C(C)C)C(C)C. The molecule has 1 unspecified atom stereocenters. The maximum Gasteiger partial charge on any atom is 0.319 e. The first-order chi connectivity index (χ1) is 34.5. The standard InChI is InChI=1S/C60H72F2N6O2Si2/c1-41(2)71(42(3)4,43(5)6)36-30-49-52(61)27-26-45-20-16-25-50(53(45)49)55-54(62)56-51(38-64-55)57(67-33-17-19-44(37-63)29-35-67)66-58(65-56)69-40-60-31-18-34-68(60)46(28-32-60)39-70-72(59(7,8)9,47-21-12-10-13-22-47)48-23-14-11-15-24-48/h10-16,20-27,38,41-44,46H,17-19,28-29,31-35,39-40H2,1-9H3/t44?,46-,60-/m0/s1. The molecule has 12 heteroatoms. The molecule has 5 heterocycles. The van der Waals surface area contributed by atoms with Crippen LogP contribution in [0.5, 0.6) is 6.01 Å². The molecule has 0 spiro atoms. The van der Waals surface area contributed by atoms with Gasteiger partial charge in [-0.1, -0.05) is 153 Å². The van der Waals surface area contributed by atoms with E-state index in [0.29, 0.717) is 71.5 Å². The lowest BCUT2D eigenvalue weighted by Crippen LogP contribution is -2.67. The molecule has 3 atom stereocenters. The van der Waals surface area contributed by atoms with Crippen molar-refractivity contribution in [1.82, 2.24) is 19.9 Å². The number of hydrogen-bond acceptors (Lipinski definition) is 8. The van der Waals surface area contributed by atoms with E-state index < -0.39 is 28.0 Å². The highest BCUT2D eigenvalue weighted by Gasteiger charge is 2.54. The first-order valence-corrected chi connectivity index (χ1v) is 30.6. The number of aromatic nitrogens is 3. The largest absolute Gasteiger partial charge is 0.461 e. The summed E-state index contributed by atoms with van der Waals surface area (Å²) in [7, 11) is -5.02. The Labute approximate surface area is 428 Å². The van der Waals surface area contributed by atoms with Gasteiger partial charge in [0, 0.05) is 42.2 Å². The van der Waals surface area contributed by atoms with E-state index >= 15 is 8.78 Å². The van der Waals surface area contributed by atoms with Crippen LogP contribution in [0.2, 0.25) is 21.7 Å². The summed E-state index contributed by atoms with van der Waals surface area (Å²) in [4.78, 5) is 19.6. The molecule has 0 bridgehead atoms. The average molecular weight is 1000 g/mol. The van der Waals surface area contributed by atoms with Gasteiger partial charge in [0.1, 0.15) is 37.5 Å². The van der Waals surface area contributed by atoms with Crippen molar-refractivity contribution in [1.29, 1.82) is 5.26 Å². The van der Waals surface area contributed by atoms with Crippen molar-refractivity contribution in [2.24, 2.45) is 5.92 Å². The molecule has 8 nitrogen and oxygen atoms in total. The number of fused-ring (bicyclic) bond motifs is 3. The van der Waals surface area contributed by atoms with Gasteiger partial charge in [-0.25, -0.2) is 8.78 Å². The maximum absolute atomic E-state index is 17.8. The minimum Gasteiger partial charge on any atom is -0.461 e.